The number of hydrogen-bond donors (Lipinski definition) is 1. The number of hydrogen-bond acceptors (Lipinski definition) is 2. The van der Waals surface area contributed by atoms with Crippen molar-refractivity contribution in [2.24, 2.45) is 15.7 Å². The van der Waals surface area contributed by atoms with Crippen molar-refractivity contribution in [3.63, 3.8) is 0 Å². The molecule has 14 heavy (non-hydrogen) atoms. The summed E-state index contributed by atoms with van der Waals surface area (Å²) in [6, 6.07) is 8.02. The number of rotatable bonds is 3. The van der Waals surface area contributed by atoms with Crippen molar-refractivity contribution < 1.29 is 0 Å². The lowest BCUT2D eigenvalue weighted by molar-refractivity contribution is 0.973. The second-order valence-corrected chi connectivity index (χ2v) is 3.02. The lowest BCUT2D eigenvalue weighted by Crippen LogP contribution is -2.06. The first kappa shape index (κ1) is 10.6. The Morgan fingerprint density at radius 3 is 2.86 bits per heavy atom. The Morgan fingerprint density at radius 2 is 2.29 bits per heavy atom. The normalized spacial score (nSPS) is 11.4. The third-order valence-electron chi connectivity index (χ3n) is 1.82. The molecule has 0 spiro atoms. The minimum atomic E-state index is 0.533. The lowest BCUT2D eigenvalue weighted by Gasteiger charge is -2.01. The molecule has 3 nitrogen and oxygen atoms in total. The quantitative estimate of drug-likeness (QED) is 0.567. The minimum absolute atomic E-state index is 0.533. The Balaban J connectivity index is 2.94. The Kier molecular flexibility index (Phi) is 4.01. The predicted molar refractivity (Wildman–Crippen MR) is 61.2 cm³/mol. The van der Waals surface area contributed by atoms with E-state index in [0.717, 1.165) is 5.56 Å². The van der Waals surface area contributed by atoms with Crippen LogP contribution in [0.15, 0.2) is 34.3 Å². The minimum Gasteiger partial charge on any atom is -0.329 e. The summed E-state index contributed by atoms with van der Waals surface area (Å²) < 4.78 is 0. The Morgan fingerprint density at radius 1 is 1.50 bits per heavy atom. The van der Waals surface area contributed by atoms with Gasteiger partial charge in [0.2, 0.25) is 0 Å². The van der Waals surface area contributed by atoms with Gasteiger partial charge in [0.1, 0.15) is 0 Å². The van der Waals surface area contributed by atoms with Crippen LogP contribution in [-0.4, -0.2) is 25.6 Å². The van der Waals surface area contributed by atoms with Crippen LogP contribution >= 0.6 is 0 Å². The molecule has 0 amide bonds. The summed E-state index contributed by atoms with van der Waals surface area (Å²) in [5, 5.41) is 0. The molecule has 0 fully saturated rings. The second kappa shape index (κ2) is 5.29. The van der Waals surface area contributed by atoms with E-state index in [9.17, 15) is 0 Å². The maximum Gasteiger partial charge on any atom is 0.153 e. The van der Waals surface area contributed by atoms with Crippen molar-refractivity contribution in [1.29, 1.82) is 0 Å². The topological polar surface area (TPSA) is 50.7 Å². The molecule has 3 heteroatoms. The van der Waals surface area contributed by atoms with Crippen molar-refractivity contribution in [3.05, 3.63) is 35.4 Å². The van der Waals surface area contributed by atoms with E-state index in [4.69, 9.17) is 5.73 Å². The van der Waals surface area contributed by atoms with Crippen molar-refractivity contribution in [3.8, 4) is 0 Å². The van der Waals surface area contributed by atoms with Crippen LogP contribution in [-0.2, 0) is 0 Å². The molecular formula is C11H15N3. The number of aliphatic imine (C=N–C) groups is 2. The van der Waals surface area contributed by atoms with E-state index in [2.05, 4.69) is 16.7 Å². The van der Waals surface area contributed by atoms with E-state index in [0.29, 0.717) is 18.9 Å². The third-order valence-corrected chi connectivity index (χ3v) is 1.82. The molecule has 0 heterocycles. The molecule has 2 N–H and O–H groups in total. The third kappa shape index (κ3) is 2.78. The highest BCUT2D eigenvalue weighted by atomic mass is 14.9. The smallest absolute Gasteiger partial charge is 0.153 e. The zero-order chi connectivity index (χ0) is 10.4. The molecule has 0 radical (unpaired) electrons. The monoisotopic (exact) mass is 189 g/mol. The largest absolute Gasteiger partial charge is 0.329 e. The molecular weight excluding hydrogens is 174 g/mol. The zero-order valence-electron chi connectivity index (χ0n) is 8.40. The van der Waals surface area contributed by atoms with Crippen molar-refractivity contribution in [1.82, 2.24) is 0 Å². The van der Waals surface area contributed by atoms with Crippen LogP contribution in [0.4, 0.5) is 0 Å². The summed E-state index contributed by atoms with van der Waals surface area (Å²) in [7, 11) is 0. The summed E-state index contributed by atoms with van der Waals surface area (Å²) in [5.41, 5.74) is 7.55. The summed E-state index contributed by atoms with van der Waals surface area (Å²) in [5.74, 6) is 0.666. The van der Waals surface area contributed by atoms with E-state index in [-0.39, 0.29) is 0 Å². The summed E-state index contributed by atoms with van der Waals surface area (Å²) in [6.07, 6.45) is 0. The van der Waals surface area contributed by atoms with Gasteiger partial charge < -0.3 is 5.73 Å². The summed E-state index contributed by atoms with van der Waals surface area (Å²) in [4.78, 5) is 8.12. The average molecular weight is 189 g/mol. The highest BCUT2D eigenvalue weighted by Crippen LogP contribution is 2.06. The van der Waals surface area contributed by atoms with Crippen LogP contribution in [0.25, 0.3) is 0 Å². The summed E-state index contributed by atoms with van der Waals surface area (Å²) >= 11 is 0. The molecule has 0 bridgehead atoms. The van der Waals surface area contributed by atoms with Crippen LogP contribution in [0, 0.1) is 6.92 Å². The van der Waals surface area contributed by atoms with Gasteiger partial charge in [-0.2, -0.15) is 0 Å². The van der Waals surface area contributed by atoms with Crippen LogP contribution in [0.3, 0.4) is 0 Å². The van der Waals surface area contributed by atoms with Crippen LogP contribution in [0.2, 0.25) is 0 Å². The van der Waals surface area contributed by atoms with Gasteiger partial charge in [0.05, 0.1) is 6.54 Å². The van der Waals surface area contributed by atoms with Gasteiger partial charge in [0, 0.05) is 12.1 Å². The highest BCUT2D eigenvalue weighted by molar-refractivity contribution is 6.01. The molecule has 1 rings (SSSR count). The van der Waals surface area contributed by atoms with E-state index in [1.165, 1.54) is 5.56 Å². The van der Waals surface area contributed by atoms with E-state index in [1.807, 2.05) is 31.2 Å². The predicted octanol–water partition coefficient (Wildman–Crippen LogP) is 1.40. The first-order valence-electron chi connectivity index (χ1n) is 4.56. The molecule has 0 atom stereocenters. The molecule has 0 unspecified atom stereocenters. The maximum absolute atomic E-state index is 5.37. The number of benzene rings is 1. The number of nitrogens with two attached hydrogens (primary N) is 1. The zero-order valence-corrected chi connectivity index (χ0v) is 8.40. The molecule has 1 aromatic carbocycles. The fourth-order valence-corrected chi connectivity index (χ4v) is 1.19. The summed E-state index contributed by atoms with van der Waals surface area (Å²) in [6.45, 7) is 6.65. The molecule has 0 saturated carbocycles. The van der Waals surface area contributed by atoms with Gasteiger partial charge in [0.25, 0.3) is 0 Å². The molecule has 0 aliphatic heterocycles. The Bertz CT molecular complexity index is 342. The van der Waals surface area contributed by atoms with Gasteiger partial charge in [-0.05, 0) is 19.7 Å². The first-order chi connectivity index (χ1) is 6.77. The van der Waals surface area contributed by atoms with Gasteiger partial charge in [-0.1, -0.05) is 23.8 Å². The van der Waals surface area contributed by atoms with Crippen molar-refractivity contribution >= 4 is 12.6 Å². The van der Waals surface area contributed by atoms with Crippen molar-refractivity contribution in [2.75, 3.05) is 13.1 Å². The van der Waals surface area contributed by atoms with Crippen molar-refractivity contribution in [2.45, 2.75) is 6.92 Å². The number of aryl methyl sites for hydroxylation is 1. The average Bonchev–Trinajstić information content (AvgIpc) is 2.19. The molecule has 74 valence electrons. The van der Waals surface area contributed by atoms with Gasteiger partial charge >= 0.3 is 0 Å². The Hall–Kier alpha value is -1.48. The second-order valence-electron chi connectivity index (χ2n) is 3.02. The fraction of sp³-hybridized carbons (Fsp3) is 0.273. The molecule has 0 aromatic heterocycles. The van der Waals surface area contributed by atoms with Gasteiger partial charge in [-0.25, -0.2) is 4.99 Å². The first-order valence-corrected chi connectivity index (χ1v) is 4.56. The number of amidine groups is 1. The molecule has 0 aliphatic rings. The standard InChI is InChI=1S/C11H15N3/c1-9-4-3-5-10(8-9)11(13-2)14-7-6-12/h3-5,8H,2,6-7,12H2,1H3/b14-11-. The van der Waals surface area contributed by atoms with Gasteiger partial charge in [-0.15, -0.1) is 0 Å². The lowest BCUT2D eigenvalue weighted by atomic mass is 10.1. The highest BCUT2D eigenvalue weighted by Gasteiger charge is 1.99. The SMILES string of the molecule is C=N/C(=N\CCN)c1cccc(C)c1. The number of nitrogens with zero attached hydrogens (tertiary/aromatic N) is 2. The van der Waals surface area contributed by atoms with Crippen LogP contribution in [0.5, 0.6) is 0 Å². The van der Waals surface area contributed by atoms with Crippen LogP contribution in [0.1, 0.15) is 11.1 Å². The molecule has 0 saturated heterocycles. The fourth-order valence-electron chi connectivity index (χ4n) is 1.19. The molecule has 1 aromatic rings. The Labute approximate surface area is 84.4 Å². The van der Waals surface area contributed by atoms with E-state index in [1.54, 1.807) is 0 Å². The van der Waals surface area contributed by atoms with Gasteiger partial charge in [-0.3, -0.25) is 4.99 Å². The van der Waals surface area contributed by atoms with Gasteiger partial charge in [0.15, 0.2) is 5.84 Å². The van der Waals surface area contributed by atoms with Crippen LogP contribution < -0.4 is 5.73 Å². The molecule has 0 aliphatic carbocycles. The maximum atomic E-state index is 5.37. The van der Waals surface area contributed by atoms with E-state index < -0.39 is 0 Å². The van der Waals surface area contributed by atoms with E-state index >= 15 is 0 Å².